The third-order valence-electron chi connectivity index (χ3n) is 3.10. The molecule has 2 atom stereocenters. The van der Waals surface area contributed by atoms with Crippen LogP contribution in [-0.4, -0.2) is 28.4 Å². The average molecular weight is 263 g/mol. The van der Waals surface area contributed by atoms with Crippen molar-refractivity contribution in [3.8, 4) is 0 Å². The Labute approximate surface area is 106 Å². The van der Waals surface area contributed by atoms with E-state index in [1.807, 2.05) is 13.8 Å². The summed E-state index contributed by atoms with van der Waals surface area (Å²) in [7, 11) is -1.59. The summed E-state index contributed by atoms with van der Waals surface area (Å²) in [5.41, 5.74) is 0.450. The van der Waals surface area contributed by atoms with Crippen molar-refractivity contribution in [2.24, 2.45) is 5.92 Å². The fourth-order valence-electron chi connectivity index (χ4n) is 2.25. The summed E-state index contributed by atoms with van der Waals surface area (Å²) in [6.45, 7) is 5.55. The van der Waals surface area contributed by atoms with Gasteiger partial charge in [0.1, 0.15) is 0 Å². The van der Waals surface area contributed by atoms with Crippen LogP contribution in [0.1, 0.15) is 33.1 Å². The van der Waals surface area contributed by atoms with Crippen LogP contribution in [0, 0.1) is 5.92 Å². The SMILES string of the molecule is CCO[SiH](OCC)C(CCl)C1CC=CCC1. The van der Waals surface area contributed by atoms with Crippen molar-refractivity contribution in [2.75, 3.05) is 19.1 Å². The van der Waals surface area contributed by atoms with Gasteiger partial charge >= 0.3 is 9.28 Å². The van der Waals surface area contributed by atoms with E-state index in [1.54, 1.807) is 0 Å². The first-order valence-corrected chi connectivity index (χ1v) is 8.42. The number of halogens is 1. The van der Waals surface area contributed by atoms with E-state index in [1.165, 1.54) is 12.8 Å². The van der Waals surface area contributed by atoms with Gasteiger partial charge in [-0.3, -0.25) is 0 Å². The van der Waals surface area contributed by atoms with E-state index in [0.717, 1.165) is 19.6 Å². The van der Waals surface area contributed by atoms with Crippen molar-refractivity contribution in [1.82, 2.24) is 0 Å². The Morgan fingerprint density at radius 1 is 1.31 bits per heavy atom. The molecule has 2 nitrogen and oxygen atoms in total. The van der Waals surface area contributed by atoms with Gasteiger partial charge < -0.3 is 8.85 Å². The Kier molecular flexibility index (Phi) is 7.37. The van der Waals surface area contributed by atoms with E-state index in [4.69, 9.17) is 20.5 Å². The highest BCUT2D eigenvalue weighted by atomic mass is 35.5. The van der Waals surface area contributed by atoms with Crippen LogP contribution >= 0.6 is 11.6 Å². The van der Waals surface area contributed by atoms with E-state index < -0.39 is 9.28 Å². The van der Waals surface area contributed by atoms with Crippen LogP contribution in [0.2, 0.25) is 5.54 Å². The highest BCUT2D eigenvalue weighted by Gasteiger charge is 2.32. The van der Waals surface area contributed by atoms with Gasteiger partial charge in [0.15, 0.2) is 0 Å². The largest absolute Gasteiger partial charge is 0.397 e. The lowest BCUT2D eigenvalue weighted by atomic mass is 9.92. The fraction of sp³-hybridized carbons (Fsp3) is 0.833. The second-order valence-electron chi connectivity index (χ2n) is 4.14. The Balaban J connectivity index is 2.57. The van der Waals surface area contributed by atoms with Gasteiger partial charge in [0.2, 0.25) is 0 Å². The molecule has 1 rings (SSSR count). The third kappa shape index (κ3) is 4.21. The second-order valence-corrected chi connectivity index (χ2v) is 6.71. The zero-order valence-electron chi connectivity index (χ0n) is 10.3. The minimum Gasteiger partial charge on any atom is -0.397 e. The Morgan fingerprint density at radius 2 is 2.00 bits per heavy atom. The van der Waals surface area contributed by atoms with Crippen molar-refractivity contribution in [1.29, 1.82) is 0 Å². The van der Waals surface area contributed by atoms with Gasteiger partial charge in [0.05, 0.1) is 0 Å². The minimum atomic E-state index is -1.59. The molecular formula is C12H23ClO2Si. The Hall–Kier alpha value is 0.167. The molecule has 1 aliphatic carbocycles. The molecule has 0 radical (unpaired) electrons. The van der Waals surface area contributed by atoms with Gasteiger partial charge in [-0.1, -0.05) is 12.2 Å². The number of alkyl halides is 1. The Morgan fingerprint density at radius 3 is 2.44 bits per heavy atom. The summed E-state index contributed by atoms with van der Waals surface area (Å²) >= 11 is 6.12. The summed E-state index contributed by atoms with van der Waals surface area (Å²) < 4.78 is 11.6. The van der Waals surface area contributed by atoms with Crippen LogP contribution in [0.4, 0.5) is 0 Å². The van der Waals surface area contributed by atoms with Crippen molar-refractivity contribution in [3.05, 3.63) is 12.2 Å². The highest BCUT2D eigenvalue weighted by Crippen LogP contribution is 2.34. The van der Waals surface area contributed by atoms with Crippen LogP contribution in [0.5, 0.6) is 0 Å². The molecule has 4 heteroatoms. The summed E-state index contributed by atoms with van der Waals surface area (Å²) in [6.07, 6.45) is 8.09. The Bertz CT molecular complexity index is 205. The lowest BCUT2D eigenvalue weighted by molar-refractivity contribution is 0.194. The zero-order chi connectivity index (χ0) is 11.8. The number of rotatable bonds is 7. The quantitative estimate of drug-likeness (QED) is 0.398. The van der Waals surface area contributed by atoms with Crippen molar-refractivity contribution < 1.29 is 8.85 Å². The van der Waals surface area contributed by atoms with Gasteiger partial charge in [0.25, 0.3) is 0 Å². The average Bonchev–Trinajstić information content (AvgIpc) is 2.32. The number of hydrogen-bond donors (Lipinski definition) is 0. The molecule has 1 aliphatic rings. The normalized spacial score (nSPS) is 22.6. The van der Waals surface area contributed by atoms with Crippen molar-refractivity contribution in [3.63, 3.8) is 0 Å². The van der Waals surface area contributed by atoms with E-state index in [0.29, 0.717) is 17.3 Å². The molecule has 0 bridgehead atoms. The van der Waals surface area contributed by atoms with E-state index >= 15 is 0 Å². The van der Waals surface area contributed by atoms with E-state index in [2.05, 4.69) is 12.2 Å². The van der Waals surface area contributed by atoms with Crippen LogP contribution in [-0.2, 0) is 8.85 Å². The molecule has 94 valence electrons. The van der Waals surface area contributed by atoms with Gasteiger partial charge in [-0.2, -0.15) is 0 Å². The fourth-order valence-corrected chi connectivity index (χ4v) is 5.13. The molecule has 0 heterocycles. The molecule has 0 amide bonds. The number of allylic oxidation sites excluding steroid dienone is 2. The van der Waals surface area contributed by atoms with E-state index in [9.17, 15) is 0 Å². The predicted molar refractivity (Wildman–Crippen MR) is 71.4 cm³/mol. The molecule has 0 aromatic heterocycles. The topological polar surface area (TPSA) is 18.5 Å². The molecule has 0 saturated carbocycles. The molecule has 0 N–H and O–H groups in total. The molecule has 0 saturated heterocycles. The molecule has 0 aromatic rings. The van der Waals surface area contributed by atoms with Crippen LogP contribution in [0.3, 0.4) is 0 Å². The summed E-state index contributed by atoms with van der Waals surface area (Å²) in [5, 5.41) is 0. The first kappa shape index (κ1) is 14.2. The first-order valence-electron chi connectivity index (χ1n) is 6.27. The van der Waals surface area contributed by atoms with Crippen LogP contribution in [0.25, 0.3) is 0 Å². The summed E-state index contributed by atoms with van der Waals surface area (Å²) in [4.78, 5) is 0. The lowest BCUT2D eigenvalue weighted by Crippen LogP contribution is -2.35. The van der Waals surface area contributed by atoms with Crippen molar-refractivity contribution in [2.45, 2.75) is 38.7 Å². The molecule has 16 heavy (non-hydrogen) atoms. The van der Waals surface area contributed by atoms with Crippen LogP contribution < -0.4 is 0 Å². The zero-order valence-corrected chi connectivity index (χ0v) is 12.2. The van der Waals surface area contributed by atoms with Gasteiger partial charge in [-0.15, -0.1) is 11.6 Å². The molecule has 0 fully saturated rings. The highest BCUT2D eigenvalue weighted by molar-refractivity contribution is 6.48. The smallest absolute Gasteiger partial charge is 0.326 e. The predicted octanol–water partition coefficient (Wildman–Crippen LogP) is 3.25. The van der Waals surface area contributed by atoms with E-state index in [-0.39, 0.29) is 0 Å². The monoisotopic (exact) mass is 262 g/mol. The maximum atomic E-state index is 6.12. The van der Waals surface area contributed by atoms with Gasteiger partial charge in [-0.05, 0) is 39.0 Å². The standard InChI is InChI=1S/C12H23ClO2Si/c1-3-14-16(15-4-2)12(10-13)11-8-6-5-7-9-11/h5-6,11-12,16H,3-4,7-10H2,1-2H3. The molecular weight excluding hydrogens is 240 g/mol. The molecule has 0 spiro atoms. The second kappa shape index (κ2) is 8.29. The molecule has 2 unspecified atom stereocenters. The molecule has 0 aromatic carbocycles. The van der Waals surface area contributed by atoms with Gasteiger partial charge in [-0.25, -0.2) is 0 Å². The summed E-state index contributed by atoms with van der Waals surface area (Å²) in [6, 6.07) is 0. The number of hydrogen-bond acceptors (Lipinski definition) is 2. The maximum Gasteiger partial charge on any atom is 0.326 e. The van der Waals surface area contributed by atoms with Crippen LogP contribution in [0.15, 0.2) is 12.2 Å². The third-order valence-corrected chi connectivity index (χ3v) is 6.56. The molecule has 0 aliphatic heterocycles. The minimum absolute atomic E-state index is 0.450. The maximum absolute atomic E-state index is 6.12. The first-order chi connectivity index (χ1) is 7.83. The van der Waals surface area contributed by atoms with Crippen molar-refractivity contribution >= 4 is 20.9 Å². The van der Waals surface area contributed by atoms with Gasteiger partial charge in [0, 0.05) is 24.6 Å². The summed E-state index contributed by atoms with van der Waals surface area (Å²) in [5.74, 6) is 1.34. The lowest BCUT2D eigenvalue weighted by Gasteiger charge is -2.31.